The van der Waals surface area contributed by atoms with Gasteiger partial charge in [0.2, 0.25) is 0 Å². The van der Waals surface area contributed by atoms with Crippen molar-refractivity contribution in [2.24, 2.45) is 0 Å². The van der Waals surface area contributed by atoms with Crippen LogP contribution in [0.2, 0.25) is 0 Å². The Balaban J connectivity index is 1.44. The molecule has 1 aliphatic heterocycles. The van der Waals surface area contributed by atoms with Crippen LogP contribution in [-0.2, 0) is 0 Å². The topological polar surface area (TPSA) is 36.7 Å². The van der Waals surface area contributed by atoms with E-state index in [0.717, 1.165) is 48.8 Å². The number of piperazine rings is 1. The van der Waals surface area contributed by atoms with Gasteiger partial charge in [-0.25, -0.2) is 9.50 Å². The van der Waals surface area contributed by atoms with Gasteiger partial charge in [-0.15, -0.1) is 0 Å². The van der Waals surface area contributed by atoms with E-state index in [1.807, 2.05) is 22.8 Å². The molecule has 5 heteroatoms. The number of rotatable bonds is 7. The number of fused-ring (bicyclic) bond motifs is 1. The number of hydrogen-bond acceptors (Lipinski definition) is 4. The molecule has 146 valence electrons. The van der Waals surface area contributed by atoms with E-state index in [0.29, 0.717) is 0 Å². The van der Waals surface area contributed by atoms with Crippen LogP contribution in [0.15, 0.2) is 49.2 Å². The lowest BCUT2D eigenvalue weighted by atomic mass is 10.1. The fourth-order valence-electron chi connectivity index (χ4n) is 3.85. The normalized spacial score (nSPS) is 15.2. The number of aromatic nitrogens is 3. The van der Waals surface area contributed by atoms with Gasteiger partial charge in [0.05, 0.1) is 17.6 Å². The summed E-state index contributed by atoms with van der Waals surface area (Å²) in [4.78, 5) is 9.56. The molecule has 3 heterocycles. The van der Waals surface area contributed by atoms with Gasteiger partial charge in [-0.3, -0.25) is 4.90 Å². The molecule has 0 aliphatic carbocycles. The molecule has 0 radical (unpaired) electrons. The first-order valence-electron chi connectivity index (χ1n) is 10.3. The number of nitrogens with zero attached hydrogens (tertiary/aromatic N) is 5. The Kier molecular flexibility index (Phi) is 5.72. The van der Waals surface area contributed by atoms with Crippen LogP contribution in [0.1, 0.15) is 31.9 Å². The fourth-order valence-corrected chi connectivity index (χ4v) is 3.85. The van der Waals surface area contributed by atoms with E-state index in [4.69, 9.17) is 0 Å². The molecule has 1 aromatic carbocycles. The number of hydrogen-bond donors (Lipinski definition) is 0. The molecule has 0 amide bonds. The molecule has 28 heavy (non-hydrogen) atoms. The molecule has 0 atom stereocenters. The van der Waals surface area contributed by atoms with Crippen molar-refractivity contribution in [3.8, 4) is 11.3 Å². The Bertz CT molecular complexity index is 920. The second kappa shape index (κ2) is 8.57. The van der Waals surface area contributed by atoms with E-state index in [-0.39, 0.29) is 0 Å². The van der Waals surface area contributed by atoms with Crippen LogP contribution >= 0.6 is 0 Å². The second-order valence-electron chi connectivity index (χ2n) is 7.46. The Morgan fingerprint density at radius 2 is 1.79 bits per heavy atom. The van der Waals surface area contributed by atoms with Crippen molar-refractivity contribution in [1.82, 2.24) is 19.5 Å². The molecule has 1 saturated heterocycles. The molecule has 0 spiro atoms. The van der Waals surface area contributed by atoms with Gasteiger partial charge in [0.25, 0.3) is 0 Å². The third-order valence-electron chi connectivity index (χ3n) is 5.57. The first-order chi connectivity index (χ1) is 13.8. The molecule has 4 rings (SSSR count). The minimum atomic E-state index is 0.847. The minimum absolute atomic E-state index is 0.847. The maximum absolute atomic E-state index is 4.60. The molecule has 1 aliphatic rings. The summed E-state index contributed by atoms with van der Waals surface area (Å²) in [5.74, 6) is 0. The molecule has 3 aromatic rings. The van der Waals surface area contributed by atoms with Crippen molar-refractivity contribution >= 4 is 17.4 Å². The Morgan fingerprint density at radius 1 is 1.00 bits per heavy atom. The average Bonchev–Trinajstić information content (AvgIpc) is 3.18. The maximum Gasteiger partial charge on any atom is 0.154 e. The van der Waals surface area contributed by atoms with Crippen LogP contribution < -0.4 is 4.90 Å². The summed E-state index contributed by atoms with van der Waals surface area (Å²) < 4.78 is 1.89. The zero-order chi connectivity index (χ0) is 19.3. The monoisotopic (exact) mass is 375 g/mol. The number of imidazole rings is 1. The highest BCUT2D eigenvalue weighted by Crippen LogP contribution is 2.24. The SMILES string of the molecule is C=Cc1ccc2ncc(-c3ccc(N4CCN(CCCCC)CC4)cc3)n2n1. The lowest BCUT2D eigenvalue weighted by Gasteiger charge is -2.36. The highest BCUT2D eigenvalue weighted by molar-refractivity contribution is 5.66. The zero-order valence-corrected chi connectivity index (χ0v) is 16.7. The third kappa shape index (κ3) is 3.94. The van der Waals surface area contributed by atoms with Crippen molar-refractivity contribution in [3.05, 3.63) is 54.9 Å². The van der Waals surface area contributed by atoms with Gasteiger partial charge < -0.3 is 4.90 Å². The van der Waals surface area contributed by atoms with Gasteiger partial charge in [0.1, 0.15) is 0 Å². The van der Waals surface area contributed by atoms with Crippen LogP contribution in [0.4, 0.5) is 5.69 Å². The first kappa shape index (κ1) is 18.7. The zero-order valence-electron chi connectivity index (χ0n) is 16.7. The Labute approximate surface area is 167 Å². The molecule has 2 aromatic heterocycles. The van der Waals surface area contributed by atoms with Crippen LogP contribution in [0.3, 0.4) is 0 Å². The standard InChI is InChI=1S/C23H29N5/c1-3-5-6-13-26-14-16-27(17-15-26)21-10-7-19(8-11-21)22-18-24-23-12-9-20(4-2)25-28(22)23/h4,7-12,18H,2-3,5-6,13-17H2,1H3. The van der Waals surface area contributed by atoms with Gasteiger partial charge in [-0.05, 0) is 43.3 Å². The van der Waals surface area contributed by atoms with E-state index in [1.165, 1.54) is 31.5 Å². The van der Waals surface area contributed by atoms with Gasteiger partial charge in [0, 0.05) is 37.4 Å². The Morgan fingerprint density at radius 3 is 2.50 bits per heavy atom. The van der Waals surface area contributed by atoms with Crippen molar-refractivity contribution in [2.75, 3.05) is 37.6 Å². The van der Waals surface area contributed by atoms with Crippen LogP contribution in [-0.4, -0.2) is 52.2 Å². The number of unbranched alkanes of at least 4 members (excludes halogenated alkanes) is 2. The van der Waals surface area contributed by atoms with Gasteiger partial charge in [-0.2, -0.15) is 5.10 Å². The van der Waals surface area contributed by atoms with Crippen LogP contribution in [0.5, 0.6) is 0 Å². The van der Waals surface area contributed by atoms with E-state index in [2.05, 4.69) is 57.7 Å². The summed E-state index contributed by atoms with van der Waals surface area (Å²) in [5.41, 5.74) is 5.13. The smallest absolute Gasteiger partial charge is 0.154 e. The van der Waals surface area contributed by atoms with Crippen molar-refractivity contribution in [1.29, 1.82) is 0 Å². The molecule has 0 bridgehead atoms. The summed E-state index contributed by atoms with van der Waals surface area (Å²) >= 11 is 0. The van der Waals surface area contributed by atoms with Crippen LogP contribution in [0.25, 0.3) is 23.0 Å². The average molecular weight is 376 g/mol. The number of benzene rings is 1. The predicted octanol–water partition coefficient (Wildman–Crippen LogP) is 4.35. The van der Waals surface area contributed by atoms with E-state index < -0.39 is 0 Å². The third-order valence-corrected chi connectivity index (χ3v) is 5.57. The highest BCUT2D eigenvalue weighted by Gasteiger charge is 2.17. The van der Waals surface area contributed by atoms with Gasteiger partial charge in [-0.1, -0.05) is 38.5 Å². The molecule has 0 N–H and O–H groups in total. The maximum atomic E-state index is 4.60. The van der Waals surface area contributed by atoms with E-state index in [9.17, 15) is 0 Å². The highest BCUT2D eigenvalue weighted by atomic mass is 15.3. The largest absolute Gasteiger partial charge is 0.369 e. The Hall–Kier alpha value is -2.66. The number of anilines is 1. The van der Waals surface area contributed by atoms with Crippen molar-refractivity contribution in [2.45, 2.75) is 26.2 Å². The second-order valence-corrected chi connectivity index (χ2v) is 7.46. The predicted molar refractivity (Wildman–Crippen MR) is 117 cm³/mol. The minimum Gasteiger partial charge on any atom is -0.369 e. The first-order valence-corrected chi connectivity index (χ1v) is 10.3. The summed E-state index contributed by atoms with van der Waals surface area (Å²) in [6, 6.07) is 12.7. The van der Waals surface area contributed by atoms with E-state index in [1.54, 1.807) is 6.08 Å². The van der Waals surface area contributed by atoms with Crippen molar-refractivity contribution in [3.63, 3.8) is 0 Å². The fraction of sp³-hybridized carbons (Fsp3) is 0.391. The van der Waals surface area contributed by atoms with E-state index >= 15 is 0 Å². The molecule has 0 saturated carbocycles. The van der Waals surface area contributed by atoms with Gasteiger partial charge in [0.15, 0.2) is 5.65 Å². The lowest BCUT2D eigenvalue weighted by molar-refractivity contribution is 0.252. The summed E-state index contributed by atoms with van der Waals surface area (Å²) in [6.45, 7) is 11.8. The molecule has 0 unspecified atom stereocenters. The quantitative estimate of drug-likeness (QED) is 0.575. The molecule has 5 nitrogen and oxygen atoms in total. The molecule has 1 fully saturated rings. The molecular formula is C23H29N5. The van der Waals surface area contributed by atoms with Crippen LogP contribution in [0, 0.1) is 0 Å². The molecular weight excluding hydrogens is 346 g/mol. The van der Waals surface area contributed by atoms with Crippen molar-refractivity contribution < 1.29 is 0 Å². The summed E-state index contributed by atoms with van der Waals surface area (Å²) in [6.07, 6.45) is 7.61. The van der Waals surface area contributed by atoms with Gasteiger partial charge >= 0.3 is 0 Å². The summed E-state index contributed by atoms with van der Waals surface area (Å²) in [5, 5.41) is 4.60. The lowest BCUT2D eigenvalue weighted by Crippen LogP contribution is -2.46. The summed E-state index contributed by atoms with van der Waals surface area (Å²) in [7, 11) is 0.